The van der Waals surface area contributed by atoms with Crippen LogP contribution in [0.15, 0.2) is 48.5 Å². The Morgan fingerprint density at radius 2 is 1.57 bits per heavy atom. The van der Waals surface area contributed by atoms with E-state index in [-0.39, 0.29) is 0 Å². The Bertz CT molecular complexity index is 941. The van der Waals surface area contributed by atoms with Gasteiger partial charge in [-0.1, -0.05) is 35.9 Å². The van der Waals surface area contributed by atoms with Crippen LogP contribution < -0.4 is 15.5 Å². The molecule has 3 aromatic rings. The van der Waals surface area contributed by atoms with Gasteiger partial charge in [-0.2, -0.15) is 15.0 Å². The number of para-hydroxylation sites is 1. The molecule has 7 heteroatoms. The van der Waals surface area contributed by atoms with Gasteiger partial charge in [0.05, 0.1) is 13.2 Å². The highest BCUT2D eigenvalue weighted by molar-refractivity contribution is 5.62. The van der Waals surface area contributed by atoms with Crippen molar-refractivity contribution in [1.29, 1.82) is 0 Å². The third-order valence-electron chi connectivity index (χ3n) is 4.58. The first-order chi connectivity index (χ1) is 13.7. The topological polar surface area (TPSA) is 75.2 Å². The zero-order chi connectivity index (χ0) is 19.3. The summed E-state index contributed by atoms with van der Waals surface area (Å²) >= 11 is 0. The predicted octanol–water partition coefficient (Wildman–Crippen LogP) is 3.81. The Morgan fingerprint density at radius 3 is 2.29 bits per heavy atom. The number of ether oxygens (including phenoxy) is 1. The van der Waals surface area contributed by atoms with Gasteiger partial charge in [0.1, 0.15) is 0 Å². The van der Waals surface area contributed by atoms with Crippen LogP contribution in [-0.4, -0.2) is 41.3 Å². The first kappa shape index (κ1) is 18.2. The van der Waals surface area contributed by atoms with E-state index in [0.29, 0.717) is 31.1 Å². The third kappa shape index (κ3) is 4.37. The van der Waals surface area contributed by atoms with Gasteiger partial charge in [-0.15, -0.1) is 0 Å². The number of nitrogens with one attached hydrogen (secondary N) is 2. The molecule has 1 aliphatic rings. The smallest absolute Gasteiger partial charge is 0.233 e. The monoisotopic (exact) mass is 376 g/mol. The second kappa shape index (κ2) is 8.22. The lowest BCUT2D eigenvalue weighted by Gasteiger charge is -2.27. The summed E-state index contributed by atoms with van der Waals surface area (Å²) in [5.74, 6) is 1.67. The second-order valence-corrected chi connectivity index (χ2v) is 6.82. The molecule has 0 saturated carbocycles. The summed E-state index contributed by atoms with van der Waals surface area (Å²) in [7, 11) is 0. The molecular weight excluding hydrogens is 352 g/mol. The van der Waals surface area contributed by atoms with Gasteiger partial charge in [0, 0.05) is 24.5 Å². The molecule has 2 N–H and O–H groups in total. The lowest BCUT2D eigenvalue weighted by molar-refractivity contribution is 0.122. The predicted molar refractivity (Wildman–Crippen MR) is 112 cm³/mol. The van der Waals surface area contributed by atoms with Crippen LogP contribution in [0.2, 0.25) is 0 Å². The lowest BCUT2D eigenvalue weighted by atomic mass is 10.1. The normalized spacial score (nSPS) is 14.0. The van der Waals surface area contributed by atoms with Crippen molar-refractivity contribution in [2.45, 2.75) is 13.8 Å². The van der Waals surface area contributed by atoms with Gasteiger partial charge >= 0.3 is 0 Å². The largest absolute Gasteiger partial charge is 0.378 e. The minimum atomic E-state index is 0.509. The fourth-order valence-corrected chi connectivity index (χ4v) is 3.11. The molecule has 1 saturated heterocycles. The molecule has 0 aliphatic carbocycles. The summed E-state index contributed by atoms with van der Waals surface area (Å²) < 4.78 is 5.46. The number of rotatable bonds is 5. The Morgan fingerprint density at radius 1 is 0.857 bits per heavy atom. The molecule has 0 amide bonds. The fourth-order valence-electron chi connectivity index (χ4n) is 3.11. The maximum absolute atomic E-state index is 5.46. The second-order valence-electron chi connectivity index (χ2n) is 6.82. The highest BCUT2D eigenvalue weighted by Crippen LogP contribution is 2.23. The minimum absolute atomic E-state index is 0.509. The maximum Gasteiger partial charge on any atom is 0.233 e. The highest BCUT2D eigenvalue weighted by Gasteiger charge is 2.17. The first-order valence-corrected chi connectivity index (χ1v) is 9.42. The van der Waals surface area contributed by atoms with Crippen LogP contribution in [-0.2, 0) is 4.74 Å². The quantitative estimate of drug-likeness (QED) is 0.701. The van der Waals surface area contributed by atoms with E-state index in [1.54, 1.807) is 0 Å². The zero-order valence-electron chi connectivity index (χ0n) is 16.1. The number of benzene rings is 2. The Labute approximate surface area is 164 Å². The van der Waals surface area contributed by atoms with Crippen molar-refractivity contribution in [2.24, 2.45) is 0 Å². The first-order valence-electron chi connectivity index (χ1n) is 9.42. The van der Waals surface area contributed by atoms with Crippen molar-refractivity contribution in [2.75, 3.05) is 41.8 Å². The number of anilines is 5. The van der Waals surface area contributed by atoms with Crippen LogP contribution in [0.4, 0.5) is 29.2 Å². The van der Waals surface area contributed by atoms with Gasteiger partial charge in [0.25, 0.3) is 0 Å². The fraction of sp³-hybridized carbons (Fsp3) is 0.286. The van der Waals surface area contributed by atoms with E-state index in [9.17, 15) is 0 Å². The third-order valence-corrected chi connectivity index (χ3v) is 4.58. The van der Waals surface area contributed by atoms with E-state index in [2.05, 4.69) is 56.5 Å². The molecule has 2 aromatic carbocycles. The van der Waals surface area contributed by atoms with Gasteiger partial charge < -0.3 is 20.3 Å². The van der Waals surface area contributed by atoms with Crippen molar-refractivity contribution in [1.82, 2.24) is 15.0 Å². The summed E-state index contributed by atoms with van der Waals surface area (Å²) in [5, 5.41) is 6.62. The standard InChI is InChI=1S/C21H24N6O/c1-15-8-9-18(16(2)14-15)23-20-24-19(22-17-6-4-3-5-7-17)25-21(26-20)27-10-12-28-13-11-27/h3-9,14H,10-13H2,1-2H3,(H2,22,23,24,25,26). The van der Waals surface area contributed by atoms with Crippen molar-refractivity contribution in [3.8, 4) is 0 Å². The summed E-state index contributed by atoms with van der Waals surface area (Å²) in [6.07, 6.45) is 0. The summed E-state index contributed by atoms with van der Waals surface area (Å²) in [6, 6.07) is 16.1. The lowest BCUT2D eigenvalue weighted by Crippen LogP contribution is -2.37. The van der Waals surface area contributed by atoms with E-state index in [0.717, 1.165) is 30.0 Å². The molecule has 0 unspecified atom stereocenters. The van der Waals surface area contributed by atoms with Crippen molar-refractivity contribution < 1.29 is 4.74 Å². The molecule has 0 radical (unpaired) electrons. The number of nitrogens with zero attached hydrogens (tertiary/aromatic N) is 4. The van der Waals surface area contributed by atoms with E-state index in [4.69, 9.17) is 4.74 Å². The molecule has 0 bridgehead atoms. The minimum Gasteiger partial charge on any atom is -0.378 e. The summed E-state index contributed by atoms with van der Waals surface area (Å²) in [6.45, 7) is 7.02. The van der Waals surface area contributed by atoms with Gasteiger partial charge in [-0.25, -0.2) is 0 Å². The molecule has 1 fully saturated rings. The maximum atomic E-state index is 5.46. The van der Waals surface area contributed by atoms with E-state index in [1.807, 2.05) is 36.4 Å². The highest BCUT2D eigenvalue weighted by atomic mass is 16.5. The molecular formula is C21H24N6O. The number of hydrogen-bond donors (Lipinski definition) is 2. The zero-order valence-corrected chi connectivity index (χ0v) is 16.1. The molecule has 1 aliphatic heterocycles. The van der Waals surface area contributed by atoms with Crippen LogP contribution in [0.25, 0.3) is 0 Å². The van der Waals surface area contributed by atoms with Crippen LogP contribution >= 0.6 is 0 Å². The molecule has 144 valence electrons. The Balaban J connectivity index is 1.66. The number of hydrogen-bond acceptors (Lipinski definition) is 7. The van der Waals surface area contributed by atoms with Crippen LogP contribution in [0, 0.1) is 13.8 Å². The molecule has 0 spiro atoms. The molecule has 7 nitrogen and oxygen atoms in total. The molecule has 2 heterocycles. The van der Waals surface area contributed by atoms with Crippen LogP contribution in [0.1, 0.15) is 11.1 Å². The van der Waals surface area contributed by atoms with E-state index in [1.165, 1.54) is 5.56 Å². The summed E-state index contributed by atoms with van der Waals surface area (Å²) in [4.78, 5) is 16.0. The number of aryl methyl sites for hydroxylation is 2. The van der Waals surface area contributed by atoms with Crippen LogP contribution in [0.5, 0.6) is 0 Å². The van der Waals surface area contributed by atoms with Gasteiger partial charge in [0.2, 0.25) is 17.8 Å². The van der Waals surface area contributed by atoms with Gasteiger partial charge in [-0.3, -0.25) is 0 Å². The van der Waals surface area contributed by atoms with Crippen molar-refractivity contribution >= 4 is 29.2 Å². The van der Waals surface area contributed by atoms with Crippen molar-refractivity contribution in [3.05, 3.63) is 59.7 Å². The Kier molecular flexibility index (Phi) is 5.34. The van der Waals surface area contributed by atoms with E-state index >= 15 is 0 Å². The number of aromatic nitrogens is 3. The summed E-state index contributed by atoms with van der Waals surface area (Å²) in [5.41, 5.74) is 4.28. The van der Waals surface area contributed by atoms with Gasteiger partial charge in [-0.05, 0) is 37.6 Å². The van der Waals surface area contributed by atoms with Crippen molar-refractivity contribution in [3.63, 3.8) is 0 Å². The average molecular weight is 376 g/mol. The number of morpholine rings is 1. The average Bonchev–Trinajstić information content (AvgIpc) is 2.71. The molecule has 4 rings (SSSR count). The molecule has 1 aromatic heterocycles. The van der Waals surface area contributed by atoms with E-state index < -0.39 is 0 Å². The Hall–Kier alpha value is -3.19. The van der Waals surface area contributed by atoms with Crippen LogP contribution in [0.3, 0.4) is 0 Å². The molecule has 0 atom stereocenters. The molecule has 28 heavy (non-hydrogen) atoms. The SMILES string of the molecule is Cc1ccc(Nc2nc(Nc3ccccc3)nc(N3CCOCC3)n2)c(C)c1. The van der Waals surface area contributed by atoms with Gasteiger partial charge in [0.15, 0.2) is 0 Å².